The fourth-order valence-electron chi connectivity index (χ4n) is 2.22. The van der Waals surface area contributed by atoms with Crippen LogP contribution in [0.3, 0.4) is 0 Å². The van der Waals surface area contributed by atoms with Crippen LogP contribution in [0.4, 0.5) is 13.2 Å². The van der Waals surface area contributed by atoms with Crippen molar-refractivity contribution in [1.29, 1.82) is 0 Å². The van der Waals surface area contributed by atoms with E-state index in [2.05, 4.69) is 4.37 Å². The number of alkyl halides is 3. The average molecular weight is 308 g/mol. The minimum absolute atomic E-state index is 0.224. The zero-order chi connectivity index (χ0) is 15.1. The van der Waals surface area contributed by atoms with Gasteiger partial charge in [-0.3, -0.25) is 9.59 Å². The molecule has 0 spiro atoms. The van der Waals surface area contributed by atoms with Gasteiger partial charge in [-0.15, -0.1) is 0 Å². The molecule has 9 heteroatoms. The number of aromatic nitrogens is 1. The number of likely N-dealkylation sites (tertiary alicyclic amines) is 1. The lowest BCUT2D eigenvalue weighted by Crippen LogP contribution is -2.34. The normalized spacial score (nSPS) is 23.1. The predicted octanol–water partition coefficient (Wildman–Crippen LogP) is 1.79. The second-order valence-corrected chi connectivity index (χ2v) is 5.25. The maximum atomic E-state index is 12.8. The Morgan fingerprint density at radius 1 is 1.45 bits per heavy atom. The van der Waals surface area contributed by atoms with Crippen LogP contribution >= 0.6 is 11.5 Å². The van der Waals surface area contributed by atoms with Gasteiger partial charge in [0.1, 0.15) is 0 Å². The number of halogens is 3. The van der Waals surface area contributed by atoms with Crippen molar-refractivity contribution in [3.05, 3.63) is 16.6 Å². The van der Waals surface area contributed by atoms with E-state index in [1.54, 1.807) is 6.92 Å². The van der Waals surface area contributed by atoms with Crippen LogP contribution in [0.25, 0.3) is 0 Å². The average Bonchev–Trinajstić information content (AvgIpc) is 2.92. The Morgan fingerprint density at radius 3 is 2.50 bits per heavy atom. The van der Waals surface area contributed by atoms with E-state index < -0.39 is 43.0 Å². The van der Waals surface area contributed by atoms with Crippen LogP contribution in [-0.4, -0.2) is 45.5 Å². The van der Waals surface area contributed by atoms with Gasteiger partial charge in [-0.05, 0) is 18.5 Å². The van der Waals surface area contributed by atoms with Crippen molar-refractivity contribution in [3.63, 3.8) is 0 Å². The molecule has 1 saturated heterocycles. The predicted molar refractivity (Wildman–Crippen MR) is 63.4 cm³/mol. The number of aryl methyl sites for hydroxylation is 1. The van der Waals surface area contributed by atoms with E-state index in [4.69, 9.17) is 5.11 Å². The summed E-state index contributed by atoms with van der Waals surface area (Å²) in [7, 11) is 0. The molecule has 2 atom stereocenters. The molecule has 1 amide bonds. The summed E-state index contributed by atoms with van der Waals surface area (Å²) in [5.74, 6) is -5.79. The molecule has 0 aromatic carbocycles. The standard InChI is InChI=1S/C11H11F3N2O3S/c1-5-7(4-20-15-5)9(17)16-2-6(10(18)19)8(3-16)11(12,13)14/h4,6,8H,2-3H2,1H3,(H,18,19)/t6-,8-/m1/s1. The summed E-state index contributed by atoms with van der Waals surface area (Å²) in [6.07, 6.45) is -4.64. The summed E-state index contributed by atoms with van der Waals surface area (Å²) < 4.78 is 42.3. The summed E-state index contributed by atoms with van der Waals surface area (Å²) in [6.45, 7) is 0.512. The molecule has 20 heavy (non-hydrogen) atoms. The Balaban J connectivity index is 2.22. The quantitative estimate of drug-likeness (QED) is 0.904. The first-order valence-corrected chi connectivity index (χ1v) is 6.55. The van der Waals surface area contributed by atoms with Crippen LogP contribution in [0.15, 0.2) is 5.38 Å². The molecule has 0 radical (unpaired) electrons. The van der Waals surface area contributed by atoms with E-state index in [0.29, 0.717) is 5.69 Å². The number of carboxylic acid groups (broad SMARTS) is 1. The first kappa shape index (κ1) is 14.8. The van der Waals surface area contributed by atoms with Crippen LogP contribution in [0, 0.1) is 18.8 Å². The molecule has 2 heterocycles. The Bertz CT molecular complexity index is 543. The summed E-state index contributed by atoms with van der Waals surface area (Å²) in [6, 6.07) is 0. The first-order chi connectivity index (χ1) is 9.21. The lowest BCUT2D eigenvalue weighted by molar-refractivity contribution is -0.187. The molecule has 1 N–H and O–H groups in total. The van der Waals surface area contributed by atoms with Crippen molar-refractivity contribution in [2.45, 2.75) is 13.1 Å². The number of carboxylic acids is 1. The Kier molecular flexibility index (Phi) is 3.72. The van der Waals surface area contributed by atoms with E-state index in [0.717, 1.165) is 16.4 Å². The van der Waals surface area contributed by atoms with Gasteiger partial charge in [-0.1, -0.05) is 0 Å². The smallest absolute Gasteiger partial charge is 0.394 e. The summed E-state index contributed by atoms with van der Waals surface area (Å²) in [5.41, 5.74) is 0.657. The fourth-order valence-corrected chi connectivity index (χ4v) is 2.91. The van der Waals surface area contributed by atoms with Crippen LogP contribution < -0.4 is 0 Å². The summed E-state index contributed by atoms with van der Waals surface area (Å²) in [4.78, 5) is 24.0. The number of amides is 1. The maximum Gasteiger partial charge on any atom is 0.394 e. The maximum absolute atomic E-state index is 12.8. The van der Waals surface area contributed by atoms with Gasteiger partial charge in [0.05, 0.1) is 23.1 Å². The Morgan fingerprint density at radius 2 is 2.10 bits per heavy atom. The van der Waals surface area contributed by atoms with Crippen molar-refractivity contribution in [2.75, 3.05) is 13.1 Å². The van der Waals surface area contributed by atoms with Gasteiger partial charge in [-0.25, -0.2) is 0 Å². The first-order valence-electron chi connectivity index (χ1n) is 5.71. The number of carbonyl (C=O) groups is 2. The molecule has 1 aromatic heterocycles. The second kappa shape index (κ2) is 5.04. The SMILES string of the molecule is Cc1nscc1C(=O)N1C[C@@H](C(F)(F)F)[C@H](C(=O)O)C1. The van der Waals surface area contributed by atoms with E-state index >= 15 is 0 Å². The highest BCUT2D eigenvalue weighted by atomic mass is 32.1. The lowest BCUT2D eigenvalue weighted by Gasteiger charge is -2.18. The molecular formula is C11H11F3N2O3S. The molecule has 5 nitrogen and oxygen atoms in total. The second-order valence-electron chi connectivity index (χ2n) is 4.62. The van der Waals surface area contributed by atoms with Crippen LogP contribution in [0.5, 0.6) is 0 Å². The monoisotopic (exact) mass is 308 g/mol. The van der Waals surface area contributed by atoms with Crippen molar-refractivity contribution < 1.29 is 27.9 Å². The van der Waals surface area contributed by atoms with E-state index in [1.165, 1.54) is 5.38 Å². The summed E-state index contributed by atoms with van der Waals surface area (Å²) in [5, 5.41) is 10.3. The van der Waals surface area contributed by atoms with Gasteiger partial charge in [0.15, 0.2) is 0 Å². The van der Waals surface area contributed by atoms with E-state index in [9.17, 15) is 22.8 Å². The third-order valence-electron chi connectivity index (χ3n) is 3.33. The topological polar surface area (TPSA) is 70.5 Å². The molecule has 1 aliphatic rings. The Hall–Kier alpha value is -1.64. The van der Waals surface area contributed by atoms with Crippen molar-refractivity contribution >= 4 is 23.4 Å². The lowest BCUT2D eigenvalue weighted by atomic mass is 9.96. The zero-order valence-corrected chi connectivity index (χ0v) is 11.2. The number of carbonyl (C=O) groups excluding carboxylic acids is 1. The number of aliphatic carboxylic acids is 1. The number of hydrogen-bond acceptors (Lipinski definition) is 4. The molecule has 2 rings (SSSR count). The highest BCUT2D eigenvalue weighted by Crippen LogP contribution is 2.38. The number of rotatable bonds is 2. The molecule has 1 aliphatic heterocycles. The minimum Gasteiger partial charge on any atom is -0.481 e. The van der Waals surface area contributed by atoms with Crippen molar-refractivity contribution in [3.8, 4) is 0 Å². The number of nitrogens with zero attached hydrogens (tertiary/aromatic N) is 2. The van der Waals surface area contributed by atoms with Gasteiger partial charge in [0, 0.05) is 18.5 Å². The molecular weight excluding hydrogens is 297 g/mol. The molecule has 0 saturated carbocycles. The molecule has 0 bridgehead atoms. The molecule has 0 unspecified atom stereocenters. The van der Waals surface area contributed by atoms with Gasteiger partial charge in [-0.2, -0.15) is 17.5 Å². The van der Waals surface area contributed by atoms with Gasteiger partial charge in [0.2, 0.25) is 0 Å². The van der Waals surface area contributed by atoms with Gasteiger partial charge < -0.3 is 10.0 Å². The van der Waals surface area contributed by atoms with Gasteiger partial charge >= 0.3 is 12.1 Å². The van der Waals surface area contributed by atoms with Crippen LogP contribution in [0.2, 0.25) is 0 Å². The van der Waals surface area contributed by atoms with E-state index in [1.807, 2.05) is 0 Å². The number of hydrogen-bond donors (Lipinski definition) is 1. The summed E-state index contributed by atoms with van der Waals surface area (Å²) >= 11 is 1.03. The van der Waals surface area contributed by atoms with Gasteiger partial charge in [0.25, 0.3) is 5.91 Å². The molecule has 0 aliphatic carbocycles. The largest absolute Gasteiger partial charge is 0.481 e. The van der Waals surface area contributed by atoms with Crippen LogP contribution in [0.1, 0.15) is 16.1 Å². The molecule has 1 fully saturated rings. The van der Waals surface area contributed by atoms with E-state index in [-0.39, 0.29) is 5.56 Å². The minimum atomic E-state index is -4.64. The zero-order valence-electron chi connectivity index (χ0n) is 10.3. The van der Waals surface area contributed by atoms with Crippen LogP contribution in [-0.2, 0) is 4.79 Å². The Labute approximate surface area is 116 Å². The van der Waals surface area contributed by atoms with Crippen molar-refractivity contribution in [1.82, 2.24) is 9.27 Å². The van der Waals surface area contributed by atoms with Crippen molar-refractivity contribution in [2.24, 2.45) is 11.8 Å². The molecule has 1 aromatic rings. The highest BCUT2D eigenvalue weighted by molar-refractivity contribution is 7.03. The third kappa shape index (κ3) is 2.62. The fraction of sp³-hybridized carbons (Fsp3) is 0.545. The molecule has 110 valence electrons. The third-order valence-corrected chi connectivity index (χ3v) is 4.05. The highest BCUT2D eigenvalue weighted by Gasteiger charge is 2.53.